The van der Waals surface area contributed by atoms with Crippen molar-refractivity contribution in [2.75, 3.05) is 51.8 Å². The van der Waals surface area contributed by atoms with Crippen LogP contribution in [0, 0.1) is 11.8 Å². The van der Waals surface area contributed by atoms with Crippen molar-refractivity contribution in [2.45, 2.75) is 155 Å². The summed E-state index contributed by atoms with van der Waals surface area (Å²) in [6.45, 7) is 13.1. The van der Waals surface area contributed by atoms with Crippen molar-refractivity contribution < 1.29 is 53.1 Å². The van der Waals surface area contributed by atoms with Crippen LogP contribution in [0.3, 0.4) is 0 Å². The van der Waals surface area contributed by atoms with E-state index in [9.17, 15) is 53.1 Å². The van der Waals surface area contributed by atoms with Crippen molar-refractivity contribution in [3.63, 3.8) is 0 Å². The number of likely N-dealkylation sites (N-methyl/N-ethyl adjacent to an activating group) is 2. The zero-order valence-corrected chi connectivity index (χ0v) is 43.4. The second kappa shape index (κ2) is 32.2. The molecule has 10 amide bonds. The molecule has 0 aliphatic carbocycles. The molecule has 1 fully saturated rings. The SMILES string of the molecule is CCC[C@H](NC(=O)[C@@H](NC(=O)[C@@H](CC(C)C)NC(=O)[C@@H](NC(=O)CNC(=O)CN(C)C(C)=O)C(C)C)[C@@H](C)O)C(=O)N[C@@H](CCSC)C(=O)N[C@@H](CCCN=C(N)N)C(=O)N1CCC[C@H]1C(=O)NCC. The number of aliphatic hydroxyl groups excluding tert-OH is 1. The standard InChI is InChI=1S/C45H81N13O11S/c1-11-15-29(38(63)51-30(18-21-70-10)39(64)53-31(16-13-19-49-45(46)47)44(69)58-20-14-17-33(58)41(66)48-12-2)52-43(68)37(27(7)59)56-40(65)32(22-25(3)4)54-42(67)36(26(5)6)55-34(61)23-50-35(62)24-57(9)28(8)60/h25-27,29-33,36-37,59H,11-24H2,1-10H3,(H,48,66)(H,50,62)(H,51,63)(H,52,68)(H,53,64)(H,54,67)(H,55,61)(H,56,65)(H4,46,47,49)/t27-,29+,30+,31+,32-,33+,36+,37+/m1/s1. The van der Waals surface area contributed by atoms with E-state index in [0.29, 0.717) is 44.5 Å². The summed E-state index contributed by atoms with van der Waals surface area (Å²) in [4.78, 5) is 139. The van der Waals surface area contributed by atoms with Crippen LogP contribution in [0.1, 0.15) is 107 Å². The van der Waals surface area contributed by atoms with Crippen LogP contribution in [0.25, 0.3) is 0 Å². The second-order valence-corrected chi connectivity index (χ2v) is 19.1. The van der Waals surface area contributed by atoms with Crippen molar-refractivity contribution in [3.05, 3.63) is 0 Å². The van der Waals surface area contributed by atoms with Gasteiger partial charge < -0.3 is 68.9 Å². The van der Waals surface area contributed by atoms with Crippen LogP contribution < -0.4 is 54.0 Å². The van der Waals surface area contributed by atoms with Crippen molar-refractivity contribution in [1.29, 1.82) is 0 Å². The van der Waals surface area contributed by atoms with Gasteiger partial charge in [0.05, 0.1) is 19.2 Å². The Balaban J connectivity index is 3.28. The van der Waals surface area contributed by atoms with E-state index in [-0.39, 0.29) is 62.5 Å². The Morgan fingerprint density at radius 3 is 1.86 bits per heavy atom. The lowest BCUT2D eigenvalue weighted by molar-refractivity contribution is -0.142. The quantitative estimate of drug-likeness (QED) is 0.0192. The van der Waals surface area contributed by atoms with Crippen molar-refractivity contribution in [3.8, 4) is 0 Å². The zero-order chi connectivity index (χ0) is 53.2. The average Bonchev–Trinajstić information content (AvgIpc) is 3.78. The van der Waals surface area contributed by atoms with E-state index in [2.05, 4.69) is 47.5 Å². The lowest BCUT2D eigenvalue weighted by Gasteiger charge is -2.30. The average molecular weight is 1010 g/mol. The molecule has 1 aliphatic rings. The summed E-state index contributed by atoms with van der Waals surface area (Å²) >= 11 is 1.41. The van der Waals surface area contributed by atoms with Gasteiger partial charge in [-0.3, -0.25) is 52.9 Å². The van der Waals surface area contributed by atoms with Crippen LogP contribution in [0.5, 0.6) is 0 Å². The molecule has 0 saturated carbocycles. The number of nitrogens with zero attached hydrogens (tertiary/aromatic N) is 3. The number of aliphatic imine (C=N–C) groups is 1. The Hall–Kier alpha value is -5.72. The minimum Gasteiger partial charge on any atom is -0.391 e. The largest absolute Gasteiger partial charge is 0.391 e. The molecule has 0 spiro atoms. The highest BCUT2D eigenvalue weighted by molar-refractivity contribution is 7.98. The maximum Gasteiger partial charge on any atom is 0.245 e. The molecule has 8 atom stereocenters. The fraction of sp³-hybridized carbons (Fsp3) is 0.756. The van der Waals surface area contributed by atoms with Gasteiger partial charge in [0.1, 0.15) is 42.3 Å². The zero-order valence-electron chi connectivity index (χ0n) is 42.6. The Bertz CT molecular complexity index is 1810. The second-order valence-electron chi connectivity index (χ2n) is 18.1. The van der Waals surface area contributed by atoms with Gasteiger partial charge in [-0.25, -0.2) is 0 Å². The summed E-state index contributed by atoms with van der Waals surface area (Å²) in [5.41, 5.74) is 11.0. The molecule has 70 heavy (non-hydrogen) atoms. The van der Waals surface area contributed by atoms with Crippen LogP contribution >= 0.6 is 11.8 Å². The summed E-state index contributed by atoms with van der Waals surface area (Å²) in [5, 5.41) is 31.8. The molecule has 1 aliphatic heterocycles. The summed E-state index contributed by atoms with van der Waals surface area (Å²) in [6.07, 6.45) is 2.47. The van der Waals surface area contributed by atoms with Gasteiger partial charge in [-0.2, -0.15) is 11.8 Å². The molecule has 1 heterocycles. The predicted octanol–water partition coefficient (Wildman–Crippen LogP) is -2.69. The third kappa shape index (κ3) is 22.4. The normalized spacial score (nSPS) is 16.2. The first-order valence-electron chi connectivity index (χ1n) is 24.0. The molecule has 0 unspecified atom stereocenters. The van der Waals surface area contributed by atoms with Gasteiger partial charge in [-0.15, -0.1) is 0 Å². The van der Waals surface area contributed by atoms with Gasteiger partial charge in [-0.05, 0) is 82.6 Å². The molecule has 0 aromatic carbocycles. The van der Waals surface area contributed by atoms with E-state index in [1.165, 1.54) is 37.6 Å². The van der Waals surface area contributed by atoms with Gasteiger partial charge in [0.2, 0.25) is 59.1 Å². The molecule has 0 radical (unpaired) electrons. The maximum absolute atomic E-state index is 14.1. The summed E-state index contributed by atoms with van der Waals surface area (Å²) in [6, 6.07) is -8.26. The highest BCUT2D eigenvalue weighted by Crippen LogP contribution is 2.20. The number of hydrogen-bond acceptors (Lipinski definition) is 13. The first-order valence-corrected chi connectivity index (χ1v) is 25.4. The highest BCUT2D eigenvalue weighted by Gasteiger charge is 2.39. The Kier molecular flexibility index (Phi) is 28.7. The number of carbonyl (C=O) groups excluding carboxylic acids is 10. The number of amides is 10. The Morgan fingerprint density at radius 2 is 1.31 bits per heavy atom. The fourth-order valence-electron chi connectivity index (χ4n) is 7.37. The molecule has 13 N–H and O–H groups in total. The fourth-order valence-corrected chi connectivity index (χ4v) is 7.84. The van der Waals surface area contributed by atoms with Crippen LogP contribution in [0.4, 0.5) is 0 Å². The van der Waals surface area contributed by atoms with Crippen LogP contribution in [0.15, 0.2) is 4.99 Å². The molecule has 0 aromatic rings. The van der Waals surface area contributed by atoms with E-state index in [0.717, 1.165) is 4.90 Å². The minimum atomic E-state index is -1.62. The van der Waals surface area contributed by atoms with Crippen molar-refractivity contribution in [2.24, 2.45) is 28.3 Å². The topological polar surface area (TPSA) is 358 Å². The lowest BCUT2D eigenvalue weighted by atomic mass is 9.99. The van der Waals surface area contributed by atoms with Crippen molar-refractivity contribution >= 4 is 76.8 Å². The van der Waals surface area contributed by atoms with E-state index in [1.807, 2.05) is 6.26 Å². The van der Waals surface area contributed by atoms with Gasteiger partial charge in [0, 0.05) is 33.6 Å². The predicted molar refractivity (Wildman–Crippen MR) is 265 cm³/mol. The first-order chi connectivity index (χ1) is 32.9. The summed E-state index contributed by atoms with van der Waals surface area (Å²) in [5.74, 6) is -6.70. The molecular formula is C45H81N13O11S. The van der Waals surface area contributed by atoms with Crippen LogP contribution in [-0.2, 0) is 47.9 Å². The lowest BCUT2D eigenvalue weighted by Crippen LogP contribution is -2.62. The maximum atomic E-state index is 14.1. The Labute approximate surface area is 416 Å². The van der Waals surface area contributed by atoms with E-state index in [4.69, 9.17) is 11.5 Å². The first kappa shape index (κ1) is 62.3. The van der Waals surface area contributed by atoms with Crippen LogP contribution in [-0.4, -0.2) is 180 Å². The number of likely N-dealkylation sites (tertiary alicyclic amines) is 1. The molecule has 398 valence electrons. The molecule has 0 aromatic heterocycles. The van der Waals surface area contributed by atoms with E-state index >= 15 is 0 Å². The minimum absolute atomic E-state index is 0.0834. The number of thioether (sulfide) groups is 1. The smallest absolute Gasteiger partial charge is 0.245 e. The van der Waals surface area contributed by atoms with Crippen LogP contribution in [0.2, 0.25) is 0 Å². The third-order valence-corrected chi connectivity index (χ3v) is 11.9. The van der Waals surface area contributed by atoms with Crippen molar-refractivity contribution in [1.82, 2.24) is 52.3 Å². The molecule has 25 heteroatoms. The number of nitrogens with one attached hydrogen (secondary N) is 8. The Morgan fingerprint density at radius 1 is 0.743 bits per heavy atom. The van der Waals surface area contributed by atoms with Gasteiger partial charge >= 0.3 is 0 Å². The molecule has 24 nitrogen and oxygen atoms in total. The number of guanidine groups is 1. The van der Waals surface area contributed by atoms with E-state index in [1.54, 1.807) is 41.5 Å². The summed E-state index contributed by atoms with van der Waals surface area (Å²) in [7, 11) is 1.42. The number of hydrogen-bond donors (Lipinski definition) is 11. The van der Waals surface area contributed by atoms with Gasteiger partial charge in [0.25, 0.3) is 0 Å². The van der Waals surface area contributed by atoms with Gasteiger partial charge in [0.15, 0.2) is 5.96 Å². The van der Waals surface area contributed by atoms with E-state index < -0.39 is 108 Å². The number of carbonyl (C=O) groups is 10. The monoisotopic (exact) mass is 1010 g/mol. The number of nitrogens with two attached hydrogens (primary N) is 2. The summed E-state index contributed by atoms with van der Waals surface area (Å²) < 4.78 is 0. The van der Waals surface area contributed by atoms with Gasteiger partial charge in [-0.1, -0.05) is 41.0 Å². The number of aliphatic hydroxyl groups is 1. The highest BCUT2D eigenvalue weighted by atomic mass is 32.2. The molecule has 1 saturated heterocycles. The number of rotatable bonds is 31. The molecule has 1 rings (SSSR count). The third-order valence-electron chi connectivity index (χ3n) is 11.2. The molecule has 0 bridgehead atoms. The molecular weight excluding hydrogens is 931 g/mol.